The third kappa shape index (κ3) is 2.84. The number of carbonyl (C=O) groups excluding carboxylic acids is 2. The molecule has 0 atom stereocenters. The summed E-state index contributed by atoms with van der Waals surface area (Å²) in [5, 5.41) is 0. The van der Waals surface area contributed by atoms with E-state index >= 15 is 0 Å². The third-order valence-corrected chi connectivity index (χ3v) is 3.72. The zero-order valence-electron chi connectivity index (χ0n) is 13.8. The van der Waals surface area contributed by atoms with Crippen LogP contribution >= 0.6 is 0 Å². The number of primary amides is 1. The molecule has 1 aliphatic heterocycles. The summed E-state index contributed by atoms with van der Waals surface area (Å²) < 4.78 is 11.0. The molecule has 2 aromatic heterocycles. The van der Waals surface area contributed by atoms with E-state index < -0.39 is 5.91 Å². The molecule has 0 spiro atoms. The summed E-state index contributed by atoms with van der Waals surface area (Å²) in [6.45, 7) is 6.08. The van der Waals surface area contributed by atoms with Gasteiger partial charge in [0.25, 0.3) is 11.8 Å². The summed E-state index contributed by atoms with van der Waals surface area (Å²) >= 11 is 0. The lowest BCUT2D eigenvalue weighted by atomic mass is 9.90. The van der Waals surface area contributed by atoms with Gasteiger partial charge in [0.15, 0.2) is 23.9 Å². The molecule has 7 heteroatoms. The molecule has 24 heavy (non-hydrogen) atoms. The normalized spacial score (nSPS) is 14.3. The number of amides is 2. The largest absolute Gasteiger partial charge is 0.480 e. The van der Waals surface area contributed by atoms with E-state index in [0.717, 1.165) is 5.56 Å². The fourth-order valence-corrected chi connectivity index (χ4v) is 2.67. The van der Waals surface area contributed by atoms with Crippen LogP contribution in [0.25, 0.3) is 0 Å². The van der Waals surface area contributed by atoms with Gasteiger partial charge in [0.1, 0.15) is 5.76 Å². The lowest BCUT2D eigenvalue weighted by molar-refractivity contribution is -0.121. The molecule has 0 radical (unpaired) electrons. The molecule has 0 bridgehead atoms. The number of aromatic nitrogens is 1. The van der Waals surface area contributed by atoms with Gasteiger partial charge in [-0.2, -0.15) is 0 Å². The van der Waals surface area contributed by atoms with Crippen molar-refractivity contribution >= 4 is 17.6 Å². The molecule has 0 aromatic carbocycles. The Morgan fingerprint density at radius 3 is 2.83 bits per heavy atom. The van der Waals surface area contributed by atoms with Crippen molar-refractivity contribution in [2.75, 3.05) is 11.5 Å². The highest BCUT2D eigenvalue weighted by Gasteiger charge is 2.31. The number of carbonyl (C=O) groups is 2. The number of furan rings is 1. The first-order chi connectivity index (χ1) is 11.3. The van der Waals surface area contributed by atoms with Crippen molar-refractivity contribution in [2.24, 2.45) is 5.73 Å². The fourth-order valence-electron chi connectivity index (χ4n) is 2.67. The highest BCUT2D eigenvalue weighted by Crippen LogP contribution is 2.34. The maximum absolute atomic E-state index is 12.3. The number of anilines is 1. The average molecular weight is 329 g/mol. The van der Waals surface area contributed by atoms with Gasteiger partial charge < -0.3 is 14.9 Å². The first-order valence-electron chi connectivity index (χ1n) is 7.58. The van der Waals surface area contributed by atoms with Gasteiger partial charge in [-0.3, -0.25) is 14.5 Å². The van der Waals surface area contributed by atoms with E-state index in [1.807, 2.05) is 20.8 Å². The number of pyridine rings is 1. The molecule has 0 fully saturated rings. The lowest BCUT2D eigenvalue weighted by Gasteiger charge is -2.28. The number of hydrogen-bond acceptors (Lipinski definition) is 5. The standard InChI is InChI=1S/C17H19N3O4/c1-17(2,3)14-10(7-12(24-14)15(18)22)8-20-13(21)9-23-11-5-4-6-19-16(11)20/h4-7H,8-9H2,1-3H3,(H2,18,22). The Hall–Kier alpha value is -2.83. The number of rotatable bonds is 3. The van der Waals surface area contributed by atoms with E-state index in [9.17, 15) is 9.59 Å². The minimum atomic E-state index is -0.640. The predicted octanol–water partition coefficient (Wildman–Crippen LogP) is 2.00. The molecule has 3 heterocycles. The van der Waals surface area contributed by atoms with Gasteiger partial charge in [-0.1, -0.05) is 20.8 Å². The first-order valence-corrected chi connectivity index (χ1v) is 7.58. The number of nitrogens with zero attached hydrogens (tertiary/aromatic N) is 2. The average Bonchev–Trinajstić information content (AvgIpc) is 2.95. The van der Waals surface area contributed by atoms with Crippen molar-refractivity contribution in [1.82, 2.24) is 4.98 Å². The zero-order chi connectivity index (χ0) is 17.5. The maximum atomic E-state index is 12.3. The molecular formula is C17H19N3O4. The van der Waals surface area contributed by atoms with Crippen LogP contribution in [0.2, 0.25) is 0 Å². The van der Waals surface area contributed by atoms with Crippen molar-refractivity contribution in [3.63, 3.8) is 0 Å². The van der Waals surface area contributed by atoms with Gasteiger partial charge in [0.2, 0.25) is 0 Å². The van der Waals surface area contributed by atoms with Crippen LogP contribution in [0.5, 0.6) is 5.75 Å². The van der Waals surface area contributed by atoms with Crippen LogP contribution in [0.1, 0.15) is 42.6 Å². The summed E-state index contributed by atoms with van der Waals surface area (Å²) in [4.78, 5) is 29.5. The Labute approximate surface area is 139 Å². The smallest absolute Gasteiger partial charge is 0.284 e. The van der Waals surface area contributed by atoms with Crippen molar-refractivity contribution in [1.29, 1.82) is 0 Å². The Morgan fingerprint density at radius 2 is 2.17 bits per heavy atom. The quantitative estimate of drug-likeness (QED) is 0.928. The van der Waals surface area contributed by atoms with E-state index in [0.29, 0.717) is 17.3 Å². The van der Waals surface area contributed by atoms with E-state index in [1.54, 1.807) is 24.4 Å². The Morgan fingerprint density at radius 1 is 1.42 bits per heavy atom. The van der Waals surface area contributed by atoms with E-state index in [2.05, 4.69) is 4.98 Å². The SMILES string of the molecule is CC(C)(C)c1oc(C(N)=O)cc1CN1C(=O)COc2cccnc21. The van der Waals surface area contributed by atoms with Crippen LogP contribution in [0.3, 0.4) is 0 Å². The minimum Gasteiger partial charge on any atom is -0.480 e. The summed E-state index contributed by atoms with van der Waals surface area (Å²) in [5.74, 6) is 0.856. The highest BCUT2D eigenvalue weighted by atomic mass is 16.5. The second kappa shape index (κ2) is 5.67. The van der Waals surface area contributed by atoms with Crippen molar-refractivity contribution in [3.05, 3.63) is 41.5 Å². The Balaban J connectivity index is 2.02. The zero-order valence-corrected chi connectivity index (χ0v) is 13.8. The number of nitrogens with two attached hydrogens (primary N) is 1. The Kier molecular flexibility index (Phi) is 3.79. The predicted molar refractivity (Wildman–Crippen MR) is 86.8 cm³/mol. The molecule has 2 aromatic rings. The van der Waals surface area contributed by atoms with Crippen LogP contribution < -0.4 is 15.4 Å². The van der Waals surface area contributed by atoms with Gasteiger partial charge in [-0.05, 0) is 18.2 Å². The fraction of sp³-hybridized carbons (Fsp3) is 0.353. The molecule has 0 saturated carbocycles. The highest BCUT2D eigenvalue weighted by molar-refractivity contribution is 5.96. The topological polar surface area (TPSA) is 98.7 Å². The van der Waals surface area contributed by atoms with Gasteiger partial charge in [0.05, 0.1) is 6.54 Å². The number of ether oxygens (including phenoxy) is 1. The van der Waals surface area contributed by atoms with E-state index in [-0.39, 0.29) is 30.2 Å². The van der Waals surface area contributed by atoms with Crippen molar-refractivity contribution in [3.8, 4) is 5.75 Å². The minimum absolute atomic E-state index is 0.0515. The molecule has 2 N–H and O–H groups in total. The van der Waals surface area contributed by atoms with Gasteiger partial charge >= 0.3 is 0 Å². The number of hydrogen-bond donors (Lipinski definition) is 1. The maximum Gasteiger partial charge on any atom is 0.284 e. The van der Waals surface area contributed by atoms with Crippen LogP contribution in [0.4, 0.5) is 5.82 Å². The third-order valence-electron chi connectivity index (χ3n) is 3.72. The molecule has 7 nitrogen and oxygen atoms in total. The lowest BCUT2D eigenvalue weighted by Crippen LogP contribution is -2.39. The van der Waals surface area contributed by atoms with Gasteiger partial charge in [-0.25, -0.2) is 4.98 Å². The molecular weight excluding hydrogens is 310 g/mol. The molecule has 3 rings (SSSR count). The van der Waals surface area contributed by atoms with E-state index in [4.69, 9.17) is 14.9 Å². The first kappa shape index (κ1) is 16.0. The second-order valence-electron chi connectivity index (χ2n) is 6.67. The summed E-state index contributed by atoms with van der Waals surface area (Å²) in [5.41, 5.74) is 5.71. The summed E-state index contributed by atoms with van der Waals surface area (Å²) in [7, 11) is 0. The van der Waals surface area contributed by atoms with Crippen molar-refractivity contribution in [2.45, 2.75) is 32.7 Å². The van der Waals surface area contributed by atoms with Gasteiger partial charge in [-0.15, -0.1) is 0 Å². The van der Waals surface area contributed by atoms with Crippen LogP contribution in [0, 0.1) is 0 Å². The van der Waals surface area contributed by atoms with Crippen LogP contribution in [-0.4, -0.2) is 23.4 Å². The molecule has 0 aliphatic carbocycles. The molecule has 1 aliphatic rings. The molecule has 0 unspecified atom stereocenters. The summed E-state index contributed by atoms with van der Waals surface area (Å²) in [6, 6.07) is 5.10. The molecule has 126 valence electrons. The number of fused-ring (bicyclic) bond motifs is 1. The summed E-state index contributed by atoms with van der Waals surface area (Å²) in [6.07, 6.45) is 1.60. The Bertz CT molecular complexity index is 804. The molecule has 0 saturated heterocycles. The molecule has 2 amide bonds. The van der Waals surface area contributed by atoms with E-state index in [1.165, 1.54) is 4.90 Å². The van der Waals surface area contributed by atoms with Crippen LogP contribution in [0.15, 0.2) is 28.8 Å². The van der Waals surface area contributed by atoms with Crippen LogP contribution in [-0.2, 0) is 16.8 Å². The van der Waals surface area contributed by atoms with Crippen molar-refractivity contribution < 1.29 is 18.7 Å². The van der Waals surface area contributed by atoms with Gasteiger partial charge in [0, 0.05) is 17.2 Å². The second-order valence-corrected chi connectivity index (χ2v) is 6.67. The monoisotopic (exact) mass is 329 g/mol.